The third kappa shape index (κ3) is 3.44. The van der Waals surface area contributed by atoms with E-state index in [4.69, 9.17) is 9.72 Å². The van der Waals surface area contributed by atoms with Crippen LogP contribution in [-0.4, -0.2) is 23.3 Å². The number of fused-ring (bicyclic) bond motifs is 3. The minimum atomic E-state index is -0.297. The molecule has 0 atom stereocenters. The molecule has 1 aromatic carbocycles. The molecule has 0 spiro atoms. The lowest BCUT2D eigenvalue weighted by molar-refractivity contribution is -0.139. The van der Waals surface area contributed by atoms with Crippen LogP contribution >= 0.6 is 23.1 Å². The monoisotopic (exact) mass is 406 g/mol. The molecule has 2 aromatic heterocycles. The molecule has 0 radical (unpaired) electrons. The molecule has 1 aliphatic rings. The van der Waals surface area contributed by atoms with Gasteiger partial charge in [-0.25, -0.2) is 4.98 Å². The van der Waals surface area contributed by atoms with Gasteiger partial charge >= 0.3 is 5.97 Å². The van der Waals surface area contributed by atoms with Crippen molar-refractivity contribution in [1.82, 2.24) is 4.98 Å². The third-order valence-electron chi connectivity index (χ3n) is 4.69. The third-order valence-corrected chi connectivity index (χ3v) is 6.53. The largest absolute Gasteiger partial charge is 0.465 e. The number of esters is 1. The number of hydrogen-bond donors (Lipinski definition) is 0. The number of nitriles is 1. The fourth-order valence-electron chi connectivity index (χ4n) is 3.53. The van der Waals surface area contributed by atoms with E-state index in [0.29, 0.717) is 17.2 Å². The van der Waals surface area contributed by atoms with Crippen LogP contribution in [0.25, 0.3) is 21.7 Å². The summed E-state index contributed by atoms with van der Waals surface area (Å²) in [4.78, 5) is 17.8. The van der Waals surface area contributed by atoms with Crippen molar-refractivity contribution in [2.45, 2.75) is 24.8 Å². The smallest absolute Gasteiger partial charge is 0.316 e. The number of nitrogens with zero attached hydrogens (tertiary/aromatic N) is 2. The van der Waals surface area contributed by atoms with Gasteiger partial charge in [-0.15, -0.1) is 11.3 Å². The van der Waals surface area contributed by atoms with Gasteiger partial charge in [0, 0.05) is 16.0 Å². The van der Waals surface area contributed by atoms with Crippen LogP contribution in [0.2, 0.25) is 0 Å². The van der Waals surface area contributed by atoms with Gasteiger partial charge in [-0.1, -0.05) is 42.1 Å². The second kappa shape index (κ2) is 8.17. The Balaban J connectivity index is 1.89. The highest BCUT2D eigenvalue weighted by Crippen LogP contribution is 2.43. The van der Waals surface area contributed by atoms with Crippen LogP contribution < -0.4 is 0 Å². The maximum Gasteiger partial charge on any atom is 0.316 e. The number of thioether (sulfide) groups is 1. The fraction of sp³-hybridized carbons (Fsp3) is 0.227. The van der Waals surface area contributed by atoms with Crippen LogP contribution in [0, 0.1) is 11.3 Å². The molecule has 3 aromatic rings. The van der Waals surface area contributed by atoms with E-state index >= 15 is 0 Å². The summed E-state index contributed by atoms with van der Waals surface area (Å²) in [5.41, 5.74) is 5.95. The molecular formula is C22H18N2O2S2. The van der Waals surface area contributed by atoms with Crippen LogP contribution in [0.1, 0.15) is 23.6 Å². The number of pyridine rings is 1. The average Bonchev–Trinajstić information content (AvgIpc) is 3.25. The van der Waals surface area contributed by atoms with E-state index in [1.165, 1.54) is 17.3 Å². The summed E-state index contributed by atoms with van der Waals surface area (Å²) in [6, 6.07) is 14.7. The topological polar surface area (TPSA) is 63.0 Å². The normalized spacial score (nSPS) is 12.0. The molecular weight excluding hydrogens is 388 g/mol. The molecule has 0 amide bonds. The van der Waals surface area contributed by atoms with Gasteiger partial charge in [-0.2, -0.15) is 5.26 Å². The molecule has 2 heterocycles. The summed E-state index contributed by atoms with van der Waals surface area (Å²) < 4.78 is 5.04. The predicted molar refractivity (Wildman–Crippen MR) is 112 cm³/mol. The van der Waals surface area contributed by atoms with E-state index < -0.39 is 0 Å². The lowest BCUT2D eigenvalue weighted by Gasteiger charge is -2.23. The molecule has 4 nitrogen and oxygen atoms in total. The second-order valence-electron chi connectivity index (χ2n) is 6.33. The van der Waals surface area contributed by atoms with Crippen LogP contribution in [0.5, 0.6) is 0 Å². The maximum atomic E-state index is 11.9. The van der Waals surface area contributed by atoms with Crippen molar-refractivity contribution < 1.29 is 9.53 Å². The van der Waals surface area contributed by atoms with Gasteiger partial charge in [0.2, 0.25) is 0 Å². The number of aryl methyl sites for hydroxylation is 1. The Bertz CT molecular complexity index is 1070. The van der Waals surface area contributed by atoms with Crippen LogP contribution in [0.3, 0.4) is 0 Å². The number of aromatic nitrogens is 1. The number of hydrogen-bond acceptors (Lipinski definition) is 6. The number of benzene rings is 1. The summed E-state index contributed by atoms with van der Waals surface area (Å²) in [6.07, 6.45) is 1.79. The molecule has 0 fully saturated rings. The van der Waals surface area contributed by atoms with Crippen molar-refractivity contribution >= 4 is 29.1 Å². The predicted octanol–water partition coefficient (Wildman–Crippen LogP) is 5.10. The van der Waals surface area contributed by atoms with Crippen LogP contribution in [0.4, 0.5) is 0 Å². The van der Waals surface area contributed by atoms with Gasteiger partial charge in [0.05, 0.1) is 23.6 Å². The highest BCUT2D eigenvalue weighted by molar-refractivity contribution is 7.99. The second-order valence-corrected chi connectivity index (χ2v) is 8.25. The van der Waals surface area contributed by atoms with Gasteiger partial charge in [0.25, 0.3) is 0 Å². The molecule has 0 bridgehead atoms. The SMILES string of the molecule is CCOC(=O)CSc1nc2c(c(-c3cccs3)c1C#N)CCc1ccccc1-2. The molecule has 0 saturated carbocycles. The number of rotatable bonds is 5. The molecule has 6 heteroatoms. The lowest BCUT2D eigenvalue weighted by atomic mass is 9.85. The number of ether oxygens (including phenoxy) is 1. The minimum absolute atomic E-state index is 0.139. The standard InChI is InChI=1S/C22H18N2O2S2/c1-2-26-19(25)13-28-22-17(12-23)20(18-8-5-11-27-18)16-10-9-14-6-3-4-7-15(14)21(16)24-22/h3-8,11H,2,9-10,13H2,1H3. The first-order chi connectivity index (χ1) is 13.7. The Morgan fingerprint density at radius 1 is 1.29 bits per heavy atom. The Labute approximate surface area is 172 Å². The highest BCUT2D eigenvalue weighted by Gasteiger charge is 2.26. The van der Waals surface area contributed by atoms with Crippen molar-refractivity contribution in [3.63, 3.8) is 0 Å². The minimum Gasteiger partial charge on any atom is -0.465 e. The van der Waals surface area contributed by atoms with Crippen molar-refractivity contribution in [3.05, 3.63) is 58.5 Å². The zero-order chi connectivity index (χ0) is 19.5. The van der Waals surface area contributed by atoms with Crippen molar-refractivity contribution in [2.24, 2.45) is 0 Å². The Morgan fingerprint density at radius 2 is 2.14 bits per heavy atom. The van der Waals surface area contributed by atoms with Gasteiger partial charge in [0.1, 0.15) is 11.1 Å². The summed E-state index contributed by atoms with van der Waals surface area (Å²) in [7, 11) is 0. The number of carbonyl (C=O) groups excluding carboxylic acids is 1. The lowest BCUT2D eigenvalue weighted by Crippen LogP contribution is -2.11. The average molecular weight is 407 g/mol. The summed E-state index contributed by atoms with van der Waals surface area (Å²) in [5, 5.41) is 12.6. The summed E-state index contributed by atoms with van der Waals surface area (Å²) in [6.45, 7) is 2.13. The molecule has 0 aliphatic heterocycles. The van der Waals surface area contributed by atoms with E-state index in [1.807, 2.05) is 29.6 Å². The van der Waals surface area contributed by atoms with Gasteiger partial charge in [-0.3, -0.25) is 4.79 Å². The van der Waals surface area contributed by atoms with E-state index in [-0.39, 0.29) is 11.7 Å². The Hall–Kier alpha value is -2.62. The summed E-state index contributed by atoms with van der Waals surface area (Å²) >= 11 is 2.90. The molecule has 140 valence electrons. The van der Waals surface area contributed by atoms with Crippen molar-refractivity contribution in [2.75, 3.05) is 12.4 Å². The Morgan fingerprint density at radius 3 is 2.89 bits per heavy atom. The molecule has 0 N–H and O–H groups in total. The van der Waals surface area contributed by atoms with Gasteiger partial charge in [0.15, 0.2) is 0 Å². The van der Waals surface area contributed by atoms with Crippen LogP contribution in [-0.2, 0) is 22.4 Å². The zero-order valence-corrected chi connectivity index (χ0v) is 17.0. The van der Waals surface area contributed by atoms with E-state index in [1.54, 1.807) is 18.3 Å². The molecule has 0 saturated heterocycles. The molecule has 4 rings (SSSR count). The zero-order valence-electron chi connectivity index (χ0n) is 15.4. The fourth-order valence-corrected chi connectivity index (χ4v) is 5.12. The first-order valence-electron chi connectivity index (χ1n) is 9.10. The van der Waals surface area contributed by atoms with Crippen molar-refractivity contribution in [3.8, 4) is 27.8 Å². The van der Waals surface area contributed by atoms with Gasteiger partial charge in [-0.05, 0) is 42.3 Å². The summed E-state index contributed by atoms with van der Waals surface area (Å²) in [5.74, 6) is -0.159. The number of carbonyl (C=O) groups is 1. The van der Waals surface area contributed by atoms with E-state index in [9.17, 15) is 10.1 Å². The molecule has 28 heavy (non-hydrogen) atoms. The first kappa shape index (κ1) is 18.7. The Kier molecular flexibility index (Phi) is 5.47. The highest BCUT2D eigenvalue weighted by atomic mass is 32.2. The van der Waals surface area contributed by atoms with Crippen LogP contribution in [0.15, 0.2) is 46.8 Å². The van der Waals surface area contributed by atoms with Gasteiger partial charge < -0.3 is 4.74 Å². The van der Waals surface area contributed by atoms with Crippen molar-refractivity contribution in [1.29, 1.82) is 5.26 Å². The molecule has 1 aliphatic carbocycles. The van der Waals surface area contributed by atoms with E-state index in [2.05, 4.69) is 18.2 Å². The maximum absolute atomic E-state index is 11.9. The molecule has 0 unspecified atom stereocenters. The first-order valence-corrected chi connectivity index (χ1v) is 11.0. The quantitative estimate of drug-likeness (QED) is 0.436. The number of thiophene rings is 1. The van der Waals surface area contributed by atoms with E-state index in [0.717, 1.165) is 40.1 Å².